The van der Waals surface area contributed by atoms with Crippen LogP contribution in [0.3, 0.4) is 0 Å². The van der Waals surface area contributed by atoms with E-state index in [1.165, 1.54) is 18.4 Å². The van der Waals surface area contributed by atoms with Crippen LogP contribution in [0.25, 0.3) is 0 Å². The molecule has 0 aromatic heterocycles. The van der Waals surface area contributed by atoms with Crippen molar-refractivity contribution in [2.45, 2.75) is 77.4 Å². The van der Waals surface area contributed by atoms with E-state index < -0.39 is 5.60 Å². The molecule has 32 heavy (non-hydrogen) atoms. The molecule has 6 aliphatic rings. The molecule has 0 aromatic carbocycles. The lowest BCUT2D eigenvalue weighted by Crippen LogP contribution is -2.57. The molecule has 0 unspecified atom stereocenters. The summed E-state index contributed by atoms with van der Waals surface area (Å²) in [6, 6.07) is 0. The molecule has 2 bridgehead atoms. The van der Waals surface area contributed by atoms with Crippen molar-refractivity contribution in [1.29, 1.82) is 0 Å². The molecular weight excluding hydrogens is 400 g/mol. The summed E-state index contributed by atoms with van der Waals surface area (Å²) in [6.07, 6.45) is 13.7. The van der Waals surface area contributed by atoms with E-state index in [9.17, 15) is 9.59 Å². The van der Waals surface area contributed by atoms with Crippen LogP contribution in [-0.4, -0.2) is 30.1 Å². The number of rotatable bonds is 1. The minimum atomic E-state index is -0.568. The third kappa shape index (κ3) is 2.53. The highest BCUT2D eigenvalue weighted by molar-refractivity contribution is 5.98. The van der Waals surface area contributed by atoms with Crippen LogP contribution in [0.5, 0.6) is 0 Å². The molecule has 0 amide bonds. The van der Waals surface area contributed by atoms with Crippen molar-refractivity contribution in [3.8, 4) is 0 Å². The molecule has 0 spiro atoms. The first-order valence-corrected chi connectivity index (χ1v) is 12.6. The van der Waals surface area contributed by atoms with Crippen molar-refractivity contribution in [2.75, 3.05) is 6.61 Å². The van der Waals surface area contributed by atoms with Crippen LogP contribution >= 0.6 is 0 Å². The SMILES string of the molecule is C=C1C(=O)O[C@@H]2C[C@@]1(C)OC[C@H]2[C@H]1CC[C@H]2[C@H]3CC=C4CC=CC(=O)[C@]4(C)[C@H]3CC[C@]12C. The summed E-state index contributed by atoms with van der Waals surface area (Å²) in [6.45, 7) is 11.3. The maximum Gasteiger partial charge on any atom is 0.336 e. The number of esters is 1. The van der Waals surface area contributed by atoms with Gasteiger partial charge in [-0.2, -0.15) is 0 Å². The van der Waals surface area contributed by atoms with E-state index in [0.717, 1.165) is 32.1 Å². The highest BCUT2D eigenvalue weighted by Crippen LogP contribution is 2.67. The van der Waals surface area contributed by atoms with Gasteiger partial charge in [0.15, 0.2) is 5.78 Å². The van der Waals surface area contributed by atoms with E-state index in [-0.39, 0.29) is 28.8 Å². The van der Waals surface area contributed by atoms with Crippen molar-refractivity contribution in [3.05, 3.63) is 36.0 Å². The first kappa shape index (κ1) is 20.9. The van der Waals surface area contributed by atoms with E-state index >= 15 is 0 Å². The van der Waals surface area contributed by atoms with Crippen molar-refractivity contribution in [1.82, 2.24) is 0 Å². The predicted octanol–water partition coefficient (Wildman–Crippen LogP) is 5.19. The van der Waals surface area contributed by atoms with E-state index in [2.05, 4.69) is 26.5 Å². The Bertz CT molecular complexity index is 960. The predicted molar refractivity (Wildman–Crippen MR) is 122 cm³/mol. The van der Waals surface area contributed by atoms with E-state index in [4.69, 9.17) is 9.47 Å². The highest BCUT2D eigenvalue weighted by atomic mass is 16.6. The van der Waals surface area contributed by atoms with Gasteiger partial charge in [0, 0.05) is 12.3 Å². The largest absolute Gasteiger partial charge is 0.458 e. The normalized spacial score (nSPS) is 52.0. The number of allylic oxidation sites excluding steroid dienone is 4. The van der Waals surface area contributed by atoms with Crippen molar-refractivity contribution in [3.63, 3.8) is 0 Å². The van der Waals surface area contributed by atoms with E-state index in [0.29, 0.717) is 41.6 Å². The average molecular weight is 437 g/mol. The Morgan fingerprint density at radius 1 is 1.03 bits per heavy atom. The second kappa shape index (κ2) is 6.68. The van der Waals surface area contributed by atoms with Gasteiger partial charge in [0.1, 0.15) is 11.7 Å². The molecule has 172 valence electrons. The van der Waals surface area contributed by atoms with Gasteiger partial charge < -0.3 is 9.47 Å². The summed E-state index contributed by atoms with van der Waals surface area (Å²) < 4.78 is 12.2. The van der Waals surface area contributed by atoms with Gasteiger partial charge in [0.2, 0.25) is 0 Å². The van der Waals surface area contributed by atoms with Gasteiger partial charge in [0.05, 0.1) is 17.6 Å². The topological polar surface area (TPSA) is 52.6 Å². The lowest BCUT2D eigenvalue weighted by Gasteiger charge is -2.57. The Morgan fingerprint density at radius 3 is 2.56 bits per heavy atom. The summed E-state index contributed by atoms with van der Waals surface area (Å²) >= 11 is 0. The number of ether oxygens (including phenoxy) is 2. The molecule has 2 saturated carbocycles. The highest BCUT2D eigenvalue weighted by Gasteiger charge is 2.62. The lowest BCUT2D eigenvalue weighted by atomic mass is 9.47. The van der Waals surface area contributed by atoms with Crippen LogP contribution in [0.4, 0.5) is 0 Å². The average Bonchev–Trinajstić information content (AvgIpc) is 3.10. The van der Waals surface area contributed by atoms with Crippen LogP contribution < -0.4 is 0 Å². The van der Waals surface area contributed by atoms with Gasteiger partial charge in [-0.3, -0.25) is 4.79 Å². The molecule has 0 N–H and O–H groups in total. The molecule has 4 nitrogen and oxygen atoms in total. The Morgan fingerprint density at radius 2 is 1.78 bits per heavy atom. The number of hydrogen-bond acceptors (Lipinski definition) is 4. The maximum atomic E-state index is 13.1. The van der Waals surface area contributed by atoms with Gasteiger partial charge in [-0.25, -0.2) is 4.79 Å². The Balaban J connectivity index is 1.29. The van der Waals surface area contributed by atoms with Crippen LogP contribution in [0, 0.1) is 40.4 Å². The van der Waals surface area contributed by atoms with Crippen molar-refractivity contribution >= 4 is 11.8 Å². The summed E-state index contributed by atoms with van der Waals surface area (Å²) in [4.78, 5) is 25.6. The number of fused-ring (bicyclic) bond motifs is 7. The van der Waals surface area contributed by atoms with Crippen molar-refractivity contribution < 1.29 is 19.1 Å². The molecule has 2 saturated heterocycles. The summed E-state index contributed by atoms with van der Waals surface area (Å²) in [5.41, 5.74) is 1.18. The summed E-state index contributed by atoms with van der Waals surface area (Å²) in [7, 11) is 0. The van der Waals surface area contributed by atoms with Crippen molar-refractivity contribution in [2.24, 2.45) is 40.4 Å². The third-order valence-electron chi connectivity index (χ3n) is 11.0. The number of ketones is 1. The zero-order valence-corrected chi connectivity index (χ0v) is 19.7. The number of hydrogen-bond donors (Lipinski definition) is 0. The van der Waals surface area contributed by atoms with E-state index in [1.54, 1.807) is 0 Å². The van der Waals surface area contributed by atoms with Crippen LogP contribution in [0.15, 0.2) is 36.0 Å². The van der Waals surface area contributed by atoms with Gasteiger partial charge in [0.25, 0.3) is 0 Å². The summed E-state index contributed by atoms with van der Waals surface area (Å²) in [5, 5.41) is 0. The summed E-state index contributed by atoms with van der Waals surface area (Å²) in [5.74, 6) is 2.46. The lowest BCUT2D eigenvalue weighted by molar-refractivity contribution is -0.200. The molecule has 2 heterocycles. The minimum absolute atomic E-state index is 0.0644. The Hall–Kier alpha value is -1.68. The molecule has 9 atom stereocenters. The molecule has 0 radical (unpaired) electrons. The maximum absolute atomic E-state index is 13.1. The fourth-order valence-electron chi connectivity index (χ4n) is 9.03. The zero-order chi connectivity index (χ0) is 22.5. The first-order chi connectivity index (χ1) is 15.2. The Kier molecular flexibility index (Phi) is 4.36. The van der Waals surface area contributed by atoms with Crippen LogP contribution in [-0.2, 0) is 19.1 Å². The van der Waals surface area contributed by atoms with Gasteiger partial charge in [-0.05, 0) is 87.5 Å². The molecule has 4 heteroatoms. The van der Waals surface area contributed by atoms with Crippen LogP contribution in [0.2, 0.25) is 0 Å². The molecule has 6 rings (SSSR count). The number of carbonyl (C=O) groups excluding carboxylic acids is 2. The fraction of sp³-hybridized carbons (Fsp3) is 0.714. The second-order valence-electron chi connectivity index (χ2n) is 12.1. The standard InChI is InChI=1S/C28H36O4/c1-16-25(30)32-23-14-27(16,3)31-15-19(23)21-11-10-20-18-9-8-17-6-5-7-24(29)28(17,4)22(18)12-13-26(20,21)2/h5,7-8,18-23H,1,6,9-15H2,2-4H3/t18-,19+,20+,21-,22+,23-,26+,27-,28+/m1/s1. The van der Waals surface area contributed by atoms with Gasteiger partial charge in [-0.1, -0.05) is 31.2 Å². The third-order valence-corrected chi connectivity index (χ3v) is 11.0. The monoisotopic (exact) mass is 436 g/mol. The smallest absolute Gasteiger partial charge is 0.336 e. The van der Waals surface area contributed by atoms with E-state index in [1.807, 2.05) is 19.1 Å². The first-order valence-electron chi connectivity index (χ1n) is 12.6. The second-order valence-corrected chi connectivity index (χ2v) is 12.1. The molecule has 4 aliphatic carbocycles. The Labute approximate surface area is 191 Å². The minimum Gasteiger partial charge on any atom is -0.458 e. The molecule has 0 aromatic rings. The molecular formula is C28H36O4. The van der Waals surface area contributed by atoms with Gasteiger partial charge in [-0.15, -0.1) is 0 Å². The number of carbonyl (C=O) groups is 2. The molecule has 2 aliphatic heterocycles. The van der Waals surface area contributed by atoms with Crippen LogP contribution in [0.1, 0.15) is 65.7 Å². The van der Waals surface area contributed by atoms with Gasteiger partial charge >= 0.3 is 5.97 Å². The fourth-order valence-corrected chi connectivity index (χ4v) is 9.03. The zero-order valence-electron chi connectivity index (χ0n) is 19.7. The quantitative estimate of drug-likeness (QED) is 0.323. The molecule has 4 fully saturated rings.